The number of benzene rings is 2. The molecule has 0 saturated heterocycles. The third-order valence-electron chi connectivity index (χ3n) is 4.87. The molecule has 1 heterocycles. The average molecular weight is 347 g/mol. The van der Waals surface area contributed by atoms with Crippen LogP contribution in [0.3, 0.4) is 0 Å². The molecule has 3 aromatic rings. The summed E-state index contributed by atoms with van der Waals surface area (Å²) < 4.78 is 1.86. The second kappa shape index (κ2) is 6.42. The lowest BCUT2D eigenvalue weighted by molar-refractivity contribution is 0.0858. The topological polar surface area (TPSA) is 67.2 Å². The maximum Gasteiger partial charge on any atom is 0.251 e. The number of hydrogen-bond donors (Lipinski definition) is 2. The number of amides is 1. The van der Waals surface area contributed by atoms with Crippen LogP contribution in [0.25, 0.3) is 5.69 Å². The number of carbonyl (C=O) groups excluding carboxylic acids is 1. The molecule has 4 rings (SSSR count). The van der Waals surface area contributed by atoms with Gasteiger partial charge in [0.1, 0.15) is 0 Å². The Morgan fingerprint density at radius 2 is 1.88 bits per heavy atom. The van der Waals surface area contributed by atoms with Crippen molar-refractivity contribution in [2.24, 2.45) is 0 Å². The molecule has 2 unspecified atom stereocenters. The van der Waals surface area contributed by atoms with E-state index in [1.807, 2.05) is 61.0 Å². The molecule has 0 spiro atoms. The lowest BCUT2D eigenvalue weighted by atomic mass is 10.1. The van der Waals surface area contributed by atoms with Crippen LogP contribution in [0.2, 0.25) is 0 Å². The Kier molecular flexibility index (Phi) is 4.09. The minimum Gasteiger partial charge on any atom is -0.390 e. The third kappa shape index (κ3) is 2.91. The van der Waals surface area contributed by atoms with Crippen molar-refractivity contribution < 1.29 is 9.90 Å². The van der Waals surface area contributed by atoms with Crippen LogP contribution in [-0.2, 0) is 6.42 Å². The van der Waals surface area contributed by atoms with Crippen molar-refractivity contribution in [2.45, 2.75) is 32.4 Å². The molecule has 1 aliphatic carbocycles. The molecule has 0 saturated carbocycles. The molecule has 26 heavy (non-hydrogen) atoms. The summed E-state index contributed by atoms with van der Waals surface area (Å²) in [5.41, 5.74) is 5.56. The van der Waals surface area contributed by atoms with E-state index in [0.29, 0.717) is 12.0 Å². The van der Waals surface area contributed by atoms with Gasteiger partial charge in [0.15, 0.2) is 0 Å². The zero-order chi connectivity index (χ0) is 18.3. The van der Waals surface area contributed by atoms with Gasteiger partial charge < -0.3 is 10.4 Å². The molecule has 2 atom stereocenters. The zero-order valence-electron chi connectivity index (χ0n) is 14.8. The van der Waals surface area contributed by atoms with Crippen LogP contribution >= 0.6 is 0 Å². The fourth-order valence-corrected chi connectivity index (χ4v) is 3.62. The number of fused-ring (bicyclic) bond motifs is 1. The zero-order valence-corrected chi connectivity index (χ0v) is 14.8. The van der Waals surface area contributed by atoms with Crippen molar-refractivity contribution in [1.82, 2.24) is 15.1 Å². The SMILES string of the molecule is Cc1cc(C)n(-c2ccc(C(=O)NC3c4ccccc4CC3O)cc2)n1. The van der Waals surface area contributed by atoms with Crippen LogP contribution in [-0.4, -0.2) is 26.9 Å². The molecule has 132 valence electrons. The largest absolute Gasteiger partial charge is 0.390 e. The van der Waals surface area contributed by atoms with Gasteiger partial charge in [0, 0.05) is 17.7 Å². The first-order chi connectivity index (χ1) is 12.5. The summed E-state index contributed by atoms with van der Waals surface area (Å²) in [5.74, 6) is -0.189. The van der Waals surface area contributed by atoms with Gasteiger partial charge >= 0.3 is 0 Å². The summed E-state index contributed by atoms with van der Waals surface area (Å²) >= 11 is 0. The molecule has 0 aliphatic heterocycles. The van der Waals surface area contributed by atoms with E-state index in [9.17, 15) is 9.90 Å². The summed E-state index contributed by atoms with van der Waals surface area (Å²) in [6.07, 6.45) is -0.0248. The fraction of sp³-hybridized carbons (Fsp3) is 0.238. The highest BCUT2D eigenvalue weighted by Crippen LogP contribution is 2.31. The van der Waals surface area contributed by atoms with Gasteiger partial charge in [0.05, 0.1) is 23.5 Å². The molecule has 0 radical (unpaired) electrons. The third-order valence-corrected chi connectivity index (χ3v) is 4.87. The lowest BCUT2D eigenvalue weighted by Crippen LogP contribution is -2.33. The summed E-state index contributed by atoms with van der Waals surface area (Å²) in [6.45, 7) is 3.95. The van der Waals surface area contributed by atoms with Gasteiger partial charge in [-0.1, -0.05) is 24.3 Å². The number of aryl methyl sites for hydroxylation is 2. The second-order valence-corrected chi connectivity index (χ2v) is 6.81. The van der Waals surface area contributed by atoms with Gasteiger partial charge in [0.2, 0.25) is 0 Å². The van der Waals surface area contributed by atoms with Crippen molar-refractivity contribution in [3.05, 3.63) is 82.7 Å². The van der Waals surface area contributed by atoms with E-state index in [1.54, 1.807) is 12.1 Å². The van der Waals surface area contributed by atoms with Gasteiger partial charge in [-0.3, -0.25) is 4.79 Å². The molecule has 0 fully saturated rings. The first-order valence-corrected chi connectivity index (χ1v) is 8.73. The summed E-state index contributed by atoms with van der Waals surface area (Å²) in [5, 5.41) is 17.7. The van der Waals surface area contributed by atoms with Crippen molar-refractivity contribution in [3.63, 3.8) is 0 Å². The number of aromatic nitrogens is 2. The van der Waals surface area contributed by atoms with Crippen molar-refractivity contribution in [2.75, 3.05) is 0 Å². The molecular formula is C21H21N3O2. The summed E-state index contributed by atoms with van der Waals surface area (Å²) in [7, 11) is 0. The molecule has 5 nitrogen and oxygen atoms in total. The average Bonchev–Trinajstić information content (AvgIpc) is 3.14. The molecule has 1 aromatic heterocycles. The van der Waals surface area contributed by atoms with Gasteiger partial charge in [-0.05, 0) is 55.3 Å². The van der Waals surface area contributed by atoms with Crippen LogP contribution < -0.4 is 5.32 Å². The van der Waals surface area contributed by atoms with Gasteiger partial charge in [0.25, 0.3) is 5.91 Å². The van der Waals surface area contributed by atoms with Gasteiger partial charge in [-0.15, -0.1) is 0 Å². The minimum absolute atomic E-state index is 0.189. The smallest absolute Gasteiger partial charge is 0.251 e. The predicted molar refractivity (Wildman–Crippen MR) is 99.4 cm³/mol. The lowest BCUT2D eigenvalue weighted by Gasteiger charge is -2.18. The van der Waals surface area contributed by atoms with E-state index < -0.39 is 6.10 Å². The summed E-state index contributed by atoms with van der Waals surface area (Å²) in [6, 6.07) is 16.8. The Balaban J connectivity index is 1.53. The van der Waals surface area contributed by atoms with Crippen LogP contribution in [0.5, 0.6) is 0 Å². The Morgan fingerprint density at radius 1 is 1.15 bits per heavy atom. The molecular weight excluding hydrogens is 326 g/mol. The van der Waals surface area contributed by atoms with Crippen LogP contribution in [0, 0.1) is 13.8 Å². The van der Waals surface area contributed by atoms with E-state index >= 15 is 0 Å². The van der Waals surface area contributed by atoms with Crippen molar-refractivity contribution >= 4 is 5.91 Å². The normalized spacial score (nSPS) is 18.6. The van der Waals surface area contributed by atoms with E-state index in [1.165, 1.54) is 0 Å². The Morgan fingerprint density at radius 3 is 2.58 bits per heavy atom. The highest BCUT2D eigenvalue weighted by Gasteiger charge is 2.32. The number of aliphatic hydroxyl groups excluding tert-OH is 1. The molecule has 1 aliphatic rings. The molecule has 5 heteroatoms. The number of carbonyl (C=O) groups is 1. The maximum absolute atomic E-state index is 12.6. The summed E-state index contributed by atoms with van der Waals surface area (Å²) in [4.78, 5) is 12.6. The molecule has 1 amide bonds. The Labute approximate surface area is 152 Å². The quantitative estimate of drug-likeness (QED) is 0.766. The second-order valence-electron chi connectivity index (χ2n) is 6.81. The minimum atomic E-state index is -0.592. The van der Waals surface area contributed by atoms with Crippen molar-refractivity contribution in [3.8, 4) is 5.69 Å². The highest BCUT2D eigenvalue weighted by molar-refractivity contribution is 5.94. The number of nitrogens with zero attached hydrogens (tertiary/aromatic N) is 2. The van der Waals surface area contributed by atoms with E-state index in [2.05, 4.69) is 10.4 Å². The van der Waals surface area contributed by atoms with E-state index in [4.69, 9.17) is 0 Å². The number of rotatable bonds is 3. The number of aliphatic hydroxyl groups is 1. The number of hydrogen-bond acceptors (Lipinski definition) is 3. The van der Waals surface area contributed by atoms with E-state index in [0.717, 1.165) is 28.2 Å². The van der Waals surface area contributed by atoms with Gasteiger partial charge in [-0.2, -0.15) is 5.10 Å². The van der Waals surface area contributed by atoms with Gasteiger partial charge in [-0.25, -0.2) is 4.68 Å². The van der Waals surface area contributed by atoms with E-state index in [-0.39, 0.29) is 11.9 Å². The maximum atomic E-state index is 12.6. The predicted octanol–water partition coefficient (Wildman–Crippen LogP) is 2.88. The Bertz CT molecular complexity index is 960. The van der Waals surface area contributed by atoms with Crippen molar-refractivity contribution in [1.29, 1.82) is 0 Å². The first-order valence-electron chi connectivity index (χ1n) is 8.73. The Hall–Kier alpha value is -2.92. The number of nitrogens with one attached hydrogen (secondary N) is 1. The first kappa shape index (κ1) is 16.5. The molecule has 2 aromatic carbocycles. The highest BCUT2D eigenvalue weighted by atomic mass is 16.3. The molecule has 2 N–H and O–H groups in total. The van der Waals surface area contributed by atoms with Crippen LogP contribution in [0.4, 0.5) is 0 Å². The fourth-order valence-electron chi connectivity index (χ4n) is 3.62. The standard InChI is InChI=1S/C21H21N3O2/c1-13-11-14(2)24(23-13)17-9-7-15(8-10-17)21(26)22-20-18-6-4-3-5-16(18)12-19(20)25/h3-11,19-20,25H,12H2,1-2H3,(H,22,26). The van der Waals surface area contributed by atoms with Crippen LogP contribution in [0.15, 0.2) is 54.6 Å². The monoisotopic (exact) mass is 347 g/mol. The molecule has 0 bridgehead atoms. The van der Waals surface area contributed by atoms with Crippen LogP contribution in [0.1, 0.15) is 38.9 Å².